The third kappa shape index (κ3) is 2.16. The van der Waals surface area contributed by atoms with E-state index in [9.17, 15) is 4.79 Å². The van der Waals surface area contributed by atoms with Crippen LogP contribution in [-0.4, -0.2) is 36.0 Å². The van der Waals surface area contributed by atoms with Crippen LogP contribution in [0.3, 0.4) is 0 Å². The molecule has 2 fully saturated rings. The number of likely N-dealkylation sites (tertiary alicyclic amines) is 1. The predicted molar refractivity (Wildman–Crippen MR) is 76.2 cm³/mol. The van der Waals surface area contributed by atoms with Gasteiger partial charge in [-0.25, -0.2) is 0 Å². The molecule has 0 aromatic heterocycles. The molecule has 1 N–H and O–H groups in total. The molecular weight excluding hydrogens is 236 g/mol. The minimum atomic E-state index is 0.200. The molecule has 0 spiro atoms. The summed E-state index contributed by atoms with van der Waals surface area (Å²) in [6, 6.07) is 8.85. The largest absolute Gasteiger partial charge is 0.331 e. The van der Waals surface area contributed by atoms with E-state index in [4.69, 9.17) is 0 Å². The van der Waals surface area contributed by atoms with Crippen molar-refractivity contribution in [3.63, 3.8) is 0 Å². The summed E-state index contributed by atoms with van der Waals surface area (Å²) < 4.78 is 0. The van der Waals surface area contributed by atoms with Crippen LogP contribution in [0.2, 0.25) is 0 Å². The Bertz CT molecular complexity index is 468. The molecule has 1 aromatic carbocycles. The van der Waals surface area contributed by atoms with E-state index in [1.165, 1.54) is 5.56 Å². The predicted octanol–water partition coefficient (Wildman–Crippen LogP) is 2.07. The minimum absolute atomic E-state index is 0.200. The number of carbonyl (C=O) groups is 1. The Kier molecular flexibility index (Phi) is 3.31. The van der Waals surface area contributed by atoms with Gasteiger partial charge in [0.15, 0.2) is 0 Å². The summed E-state index contributed by atoms with van der Waals surface area (Å²) in [6.45, 7) is 6.33. The van der Waals surface area contributed by atoms with Gasteiger partial charge in [0.1, 0.15) is 0 Å². The molecule has 0 saturated carbocycles. The minimum Gasteiger partial charge on any atom is -0.331 e. The fourth-order valence-corrected chi connectivity index (χ4v) is 3.55. The third-order valence-corrected chi connectivity index (χ3v) is 4.62. The quantitative estimate of drug-likeness (QED) is 0.881. The Morgan fingerprint density at radius 3 is 2.74 bits per heavy atom. The van der Waals surface area contributed by atoms with Crippen LogP contribution in [-0.2, 0) is 6.42 Å². The average molecular weight is 258 g/mol. The van der Waals surface area contributed by atoms with Crippen molar-refractivity contribution < 1.29 is 4.79 Å². The van der Waals surface area contributed by atoms with Crippen LogP contribution in [0.15, 0.2) is 24.3 Å². The van der Waals surface area contributed by atoms with E-state index in [0.29, 0.717) is 18.0 Å². The Hall–Kier alpha value is -1.35. The van der Waals surface area contributed by atoms with Crippen LogP contribution in [0.1, 0.15) is 36.2 Å². The number of rotatable bonds is 2. The van der Waals surface area contributed by atoms with Gasteiger partial charge >= 0.3 is 0 Å². The summed E-state index contributed by atoms with van der Waals surface area (Å²) in [5.41, 5.74) is 2.11. The average Bonchev–Trinajstić information content (AvgIpc) is 2.98. The molecule has 1 amide bonds. The Morgan fingerprint density at radius 1 is 1.32 bits per heavy atom. The van der Waals surface area contributed by atoms with Gasteiger partial charge in [-0.1, -0.05) is 19.1 Å². The van der Waals surface area contributed by atoms with E-state index in [2.05, 4.69) is 36.2 Å². The fraction of sp³-hybridized carbons (Fsp3) is 0.562. The standard InChI is InChI=1S/C16H22N2O/c1-3-12-4-6-13(7-5-12)16(19)18-11(2)8-14-9-17-10-15(14)18/h4-7,11,14-15,17H,3,8-10H2,1-2H3. The van der Waals surface area contributed by atoms with Crippen molar-refractivity contribution >= 4 is 5.91 Å². The summed E-state index contributed by atoms with van der Waals surface area (Å²) in [4.78, 5) is 14.8. The molecule has 0 bridgehead atoms. The molecule has 2 saturated heterocycles. The van der Waals surface area contributed by atoms with Gasteiger partial charge in [-0.2, -0.15) is 0 Å². The number of nitrogens with zero attached hydrogens (tertiary/aromatic N) is 1. The number of hydrogen-bond donors (Lipinski definition) is 1. The lowest BCUT2D eigenvalue weighted by atomic mass is 10.0. The van der Waals surface area contributed by atoms with E-state index >= 15 is 0 Å². The summed E-state index contributed by atoms with van der Waals surface area (Å²) in [5, 5.41) is 3.41. The van der Waals surface area contributed by atoms with Crippen molar-refractivity contribution in [1.82, 2.24) is 10.2 Å². The molecule has 2 aliphatic heterocycles. The summed E-state index contributed by atoms with van der Waals surface area (Å²) >= 11 is 0. The molecule has 2 aliphatic rings. The van der Waals surface area contributed by atoms with Gasteiger partial charge in [0.2, 0.25) is 0 Å². The van der Waals surface area contributed by atoms with Crippen molar-refractivity contribution in [2.75, 3.05) is 13.1 Å². The molecule has 3 atom stereocenters. The van der Waals surface area contributed by atoms with Crippen LogP contribution in [0.4, 0.5) is 0 Å². The Balaban J connectivity index is 1.82. The molecule has 1 aromatic rings. The second-order valence-corrected chi connectivity index (χ2v) is 5.83. The molecule has 0 radical (unpaired) electrons. The van der Waals surface area contributed by atoms with Crippen LogP contribution in [0, 0.1) is 5.92 Å². The van der Waals surface area contributed by atoms with E-state index in [1.807, 2.05) is 12.1 Å². The van der Waals surface area contributed by atoms with Crippen LogP contribution < -0.4 is 5.32 Å². The van der Waals surface area contributed by atoms with Crippen molar-refractivity contribution in [1.29, 1.82) is 0 Å². The summed E-state index contributed by atoms with van der Waals surface area (Å²) in [6.07, 6.45) is 2.15. The van der Waals surface area contributed by atoms with Gasteiger partial charge in [-0.3, -0.25) is 4.79 Å². The highest BCUT2D eigenvalue weighted by Gasteiger charge is 2.44. The van der Waals surface area contributed by atoms with Crippen LogP contribution in [0.25, 0.3) is 0 Å². The zero-order valence-electron chi connectivity index (χ0n) is 11.7. The number of nitrogens with one attached hydrogen (secondary N) is 1. The molecule has 19 heavy (non-hydrogen) atoms. The zero-order valence-corrected chi connectivity index (χ0v) is 11.7. The monoisotopic (exact) mass is 258 g/mol. The summed E-state index contributed by atoms with van der Waals surface area (Å²) in [5.74, 6) is 0.847. The van der Waals surface area contributed by atoms with Gasteiger partial charge < -0.3 is 10.2 Å². The lowest BCUT2D eigenvalue weighted by molar-refractivity contribution is 0.0682. The number of benzene rings is 1. The van der Waals surface area contributed by atoms with Gasteiger partial charge in [0.05, 0.1) is 0 Å². The lowest BCUT2D eigenvalue weighted by Crippen LogP contribution is -2.42. The first-order valence-corrected chi connectivity index (χ1v) is 7.33. The van der Waals surface area contributed by atoms with Gasteiger partial charge in [-0.05, 0) is 43.4 Å². The van der Waals surface area contributed by atoms with E-state index in [-0.39, 0.29) is 5.91 Å². The molecule has 0 aliphatic carbocycles. The topological polar surface area (TPSA) is 32.3 Å². The highest BCUT2D eigenvalue weighted by molar-refractivity contribution is 5.95. The second-order valence-electron chi connectivity index (χ2n) is 5.83. The van der Waals surface area contributed by atoms with E-state index in [1.54, 1.807) is 0 Å². The van der Waals surface area contributed by atoms with Gasteiger partial charge in [0.25, 0.3) is 5.91 Å². The SMILES string of the molecule is CCc1ccc(C(=O)N2C(C)CC3CNCC32)cc1. The van der Waals surface area contributed by atoms with Crippen molar-refractivity contribution in [2.24, 2.45) is 5.92 Å². The molecule has 3 rings (SSSR count). The van der Waals surface area contributed by atoms with E-state index < -0.39 is 0 Å². The van der Waals surface area contributed by atoms with Crippen LogP contribution in [0.5, 0.6) is 0 Å². The van der Waals surface area contributed by atoms with Crippen molar-refractivity contribution in [3.05, 3.63) is 35.4 Å². The Morgan fingerprint density at radius 2 is 2.05 bits per heavy atom. The molecule has 3 nitrogen and oxygen atoms in total. The third-order valence-electron chi connectivity index (χ3n) is 4.62. The highest BCUT2D eigenvalue weighted by Crippen LogP contribution is 2.33. The second kappa shape index (κ2) is 4.97. The number of fused-ring (bicyclic) bond motifs is 1. The lowest BCUT2D eigenvalue weighted by Gasteiger charge is -2.27. The van der Waals surface area contributed by atoms with Crippen LogP contribution >= 0.6 is 0 Å². The first-order valence-electron chi connectivity index (χ1n) is 7.33. The van der Waals surface area contributed by atoms with E-state index in [0.717, 1.165) is 31.5 Å². The maximum atomic E-state index is 12.7. The highest BCUT2D eigenvalue weighted by atomic mass is 16.2. The summed E-state index contributed by atoms with van der Waals surface area (Å²) in [7, 11) is 0. The smallest absolute Gasteiger partial charge is 0.254 e. The van der Waals surface area contributed by atoms with Gasteiger partial charge in [0, 0.05) is 30.7 Å². The van der Waals surface area contributed by atoms with Crippen molar-refractivity contribution in [3.8, 4) is 0 Å². The molecule has 3 unspecified atom stereocenters. The number of amides is 1. The zero-order chi connectivity index (χ0) is 13.4. The van der Waals surface area contributed by atoms with Crippen molar-refractivity contribution in [2.45, 2.75) is 38.8 Å². The normalized spacial score (nSPS) is 29.6. The number of aryl methyl sites for hydroxylation is 1. The molecular formula is C16H22N2O. The number of hydrogen-bond acceptors (Lipinski definition) is 2. The van der Waals surface area contributed by atoms with Gasteiger partial charge in [-0.15, -0.1) is 0 Å². The maximum absolute atomic E-state index is 12.7. The first-order chi connectivity index (χ1) is 9.20. The molecule has 102 valence electrons. The maximum Gasteiger partial charge on any atom is 0.254 e. The first kappa shape index (κ1) is 12.7. The Labute approximate surface area is 115 Å². The number of carbonyl (C=O) groups excluding carboxylic acids is 1. The fourth-order valence-electron chi connectivity index (χ4n) is 3.55. The molecule has 2 heterocycles. The molecule has 3 heteroatoms.